The van der Waals surface area contributed by atoms with Crippen LogP contribution in [0.15, 0.2) is 24.3 Å². The Morgan fingerprint density at radius 3 is 1.83 bits per heavy atom. The molecule has 0 fully saturated rings. The first kappa shape index (κ1) is 9.03. The average Bonchev–Trinajstić information content (AvgIpc) is 2.04. The lowest BCUT2D eigenvalue weighted by Crippen LogP contribution is -2.02. The summed E-state index contributed by atoms with van der Waals surface area (Å²) in [4.78, 5) is 0. The van der Waals surface area contributed by atoms with Crippen LogP contribution in [0.25, 0.3) is 0 Å². The summed E-state index contributed by atoms with van der Waals surface area (Å²) in [6, 6.07) is 3.91. The van der Waals surface area contributed by atoms with Crippen molar-refractivity contribution in [3.63, 3.8) is 0 Å². The van der Waals surface area contributed by atoms with E-state index >= 15 is 0 Å². The van der Waals surface area contributed by atoms with Crippen LogP contribution in [0.4, 0.5) is 17.6 Å². The third kappa shape index (κ3) is 1.96. The van der Waals surface area contributed by atoms with E-state index in [2.05, 4.69) is 0 Å². The summed E-state index contributed by atoms with van der Waals surface area (Å²) < 4.78 is 48.2. The van der Waals surface area contributed by atoms with Crippen molar-refractivity contribution in [1.82, 2.24) is 0 Å². The Balaban J connectivity index is 2.82. The van der Waals surface area contributed by atoms with E-state index < -0.39 is 18.4 Å². The summed E-state index contributed by atoms with van der Waals surface area (Å²) >= 11 is 0. The van der Waals surface area contributed by atoms with Crippen molar-refractivity contribution in [3.05, 3.63) is 35.6 Å². The monoisotopic (exact) mass is 178 g/mol. The van der Waals surface area contributed by atoms with Crippen molar-refractivity contribution >= 4 is 0 Å². The fourth-order valence-electron chi connectivity index (χ4n) is 0.792. The Labute approximate surface area is 66.8 Å². The Bertz CT molecular complexity index is 242. The Morgan fingerprint density at radius 1 is 0.917 bits per heavy atom. The van der Waals surface area contributed by atoms with Crippen molar-refractivity contribution in [3.8, 4) is 0 Å². The predicted octanol–water partition coefficient (Wildman–Crippen LogP) is 3.10. The second-order valence-corrected chi connectivity index (χ2v) is 2.29. The van der Waals surface area contributed by atoms with Crippen molar-refractivity contribution in [2.75, 3.05) is 0 Å². The quantitative estimate of drug-likeness (QED) is 0.610. The third-order valence-electron chi connectivity index (χ3n) is 1.41. The van der Waals surface area contributed by atoms with E-state index in [9.17, 15) is 17.6 Å². The predicted molar refractivity (Wildman–Crippen MR) is 36.3 cm³/mol. The minimum Gasteiger partial charge on any atom is -0.236 e. The molecule has 0 radical (unpaired) electrons. The van der Waals surface area contributed by atoms with E-state index in [1.165, 1.54) is 0 Å². The topological polar surface area (TPSA) is 0 Å². The molecule has 0 aliphatic heterocycles. The molecule has 0 saturated carbocycles. The molecule has 12 heavy (non-hydrogen) atoms. The number of halogens is 4. The molecular weight excluding hydrogens is 172 g/mol. The largest absolute Gasteiger partial charge is 0.273 e. The Kier molecular flexibility index (Phi) is 2.68. The van der Waals surface area contributed by atoms with Crippen molar-refractivity contribution in [2.45, 2.75) is 12.6 Å². The highest BCUT2D eigenvalue weighted by Gasteiger charge is 2.20. The van der Waals surface area contributed by atoms with Crippen LogP contribution in [-0.4, -0.2) is 6.43 Å². The molecule has 0 heterocycles. The molecular formula is C8H6F4. The van der Waals surface area contributed by atoms with E-state index in [0.717, 1.165) is 24.3 Å². The standard InChI is InChI=1S/C8H6F4/c9-6-3-1-5(2-4-6)7(10)8(11)12/h1-4,7-8H/t7-/m1/s1. The highest BCUT2D eigenvalue weighted by molar-refractivity contribution is 5.18. The lowest BCUT2D eigenvalue weighted by Gasteiger charge is -2.05. The molecule has 4 heteroatoms. The molecule has 1 aromatic carbocycles. The van der Waals surface area contributed by atoms with E-state index in [4.69, 9.17) is 0 Å². The van der Waals surface area contributed by atoms with Gasteiger partial charge in [0.1, 0.15) is 5.82 Å². The second-order valence-electron chi connectivity index (χ2n) is 2.29. The summed E-state index contributed by atoms with van der Waals surface area (Å²) in [5.41, 5.74) is -0.202. The molecule has 1 atom stereocenters. The maximum absolute atomic E-state index is 12.5. The van der Waals surface area contributed by atoms with Gasteiger partial charge in [-0.3, -0.25) is 0 Å². The van der Waals surface area contributed by atoms with E-state index in [-0.39, 0.29) is 5.56 Å². The minimum atomic E-state index is -3.06. The van der Waals surface area contributed by atoms with Gasteiger partial charge in [-0.1, -0.05) is 12.1 Å². The van der Waals surface area contributed by atoms with E-state index in [1.54, 1.807) is 0 Å². The van der Waals surface area contributed by atoms with E-state index in [1.807, 2.05) is 0 Å². The van der Waals surface area contributed by atoms with Crippen LogP contribution < -0.4 is 0 Å². The maximum atomic E-state index is 12.5. The normalized spacial score (nSPS) is 13.4. The smallest absolute Gasteiger partial charge is 0.236 e. The van der Waals surface area contributed by atoms with Gasteiger partial charge < -0.3 is 0 Å². The van der Waals surface area contributed by atoms with Gasteiger partial charge in [-0.05, 0) is 17.7 Å². The first-order valence-corrected chi connectivity index (χ1v) is 3.29. The van der Waals surface area contributed by atoms with Crippen LogP contribution in [0.5, 0.6) is 0 Å². The fraction of sp³-hybridized carbons (Fsp3) is 0.250. The fourth-order valence-corrected chi connectivity index (χ4v) is 0.792. The van der Waals surface area contributed by atoms with Crippen LogP contribution in [0.3, 0.4) is 0 Å². The zero-order valence-corrected chi connectivity index (χ0v) is 5.98. The van der Waals surface area contributed by atoms with Crippen LogP contribution in [0, 0.1) is 5.82 Å². The molecule has 1 aromatic rings. The second kappa shape index (κ2) is 3.56. The molecule has 66 valence electrons. The Hall–Kier alpha value is -1.06. The summed E-state index contributed by atoms with van der Waals surface area (Å²) in [5, 5.41) is 0. The molecule has 0 aromatic heterocycles. The molecule has 0 spiro atoms. The van der Waals surface area contributed by atoms with Gasteiger partial charge in [0.15, 0.2) is 6.17 Å². The average molecular weight is 178 g/mol. The van der Waals surface area contributed by atoms with E-state index in [0.29, 0.717) is 0 Å². The van der Waals surface area contributed by atoms with Gasteiger partial charge in [-0.2, -0.15) is 0 Å². The Morgan fingerprint density at radius 2 is 1.42 bits per heavy atom. The van der Waals surface area contributed by atoms with Crippen LogP contribution in [-0.2, 0) is 0 Å². The SMILES string of the molecule is Fc1ccc([C@@H](F)C(F)F)cc1. The molecule has 1 rings (SSSR count). The van der Waals surface area contributed by atoms with Gasteiger partial charge in [0.05, 0.1) is 0 Å². The van der Waals surface area contributed by atoms with Gasteiger partial charge in [-0.25, -0.2) is 17.6 Å². The van der Waals surface area contributed by atoms with Crippen LogP contribution in [0.2, 0.25) is 0 Å². The molecule has 0 unspecified atom stereocenters. The first-order chi connectivity index (χ1) is 5.61. The molecule has 0 N–H and O–H groups in total. The molecule has 0 nitrogen and oxygen atoms in total. The molecule has 0 bridgehead atoms. The van der Waals surface area contributed by atoms with Crippen molar-refractivity contribution in [2.24, 2.45) is 0 Å². The third-order valence-corrected chi connectivity index (χ3v) is 1.41. The van der Waals surface area contributed by atoms with Gasteiger partial charge in [0.2, 0.25) is 0 Å². The number of benzene rings is 1. The number of rotatable bonds is 2. The molecule has 0 amide bonds. The van der Waals surface area contributed by atoms with Gasteiger partial charge in [0.25, 0.3) is 6.43 Å². The van der Waals surface area contributed by atoms with Gasteiger partial charge in [-0.15, -0.1) is 0 Å². The number of hydrogen-bond acceptors (Lipinski definition) is 0. The first-order valence-electron chi connectivity index (χ1n) is 3.29. The lowest BCUT2D eigenvalue weighted by atomic mass is 10.1. The number of hydrogen-bond donors (Lipinski definition) is 0. The zero-order valence-electron chi connectivity index (χ0n) is 5.98. The maximum Gasteiger partial charge on any atom is 0.273 e. The van der Waals surface area contributed by atoms with Gasteiger partial charge >= 0.3 is 0 Å². The highest BCUT2D eigenvalue weighted by atomic mass is 19.3. The molecule has 0 aliphatic carbocycles. The summed E-state index contributed by atoms with van der Waals surface area (Å²) in [7, 11) is 0. The van der Waals surface area contributed by atoms with Crippen LogP contribution in [0.1, 0.15) is 11.7 Å². The summed E-state index contributed by atoms with van der Waals surface area (Å²) in [5.74, 6) is -0.569. The lowest BCUT2D eigenvalue weighted by molar-refractivity contribution is 0.0495. The number of alkyl halides is 3. The molecule has 0 aliphatic rings. The van der Waals surface area contributed by atoms with Gasteiger partial charge in [0, 0.05) is 0 Å². The minimum absolute atomic E-state index is 0.202. The highest BCUT2D eigenvalue weighted by Crippen LogP contribution is 2.24. The summed E-state index contributed by atoms with van der Waals surface area (Å²) in [6.45, 7) is 0. The van der Waals surface area contributed by atoms with Crippen molar-refractivity contribution in [1.29, 1.82) is 0 Å². The zero-order chi connectivity index (χ0) is 9.14. The van der Waals surface area contributed by atoms with Crippen LogP contribution >= 0.6 is 0 Å². The summed E-state index contributed by atoms with van der Waals surface area (Å²) in [6.07, 6.45) is -5.39. The van der Waals surface area contributed by atoms with Crippen molar-refractivity contribution < 1.29 is 17.6 Å². The molecule has 0 saturated heterocycles.